The molecule has 0 aliphatic heterocycles. The fourth-order valence-corrected chi connectivity index (χ4v) is 0.807. The molecule has 0 fully saturated rings. The van der Waals surface area contributed by atoms with Gasteiger partial charge in [0.2, 0.25) is 0 Å². The lowest BCUT2D eigenvalue weighted by Crippen LogP contribution is -1.95. The highest BCUT2D eigenvalue weighted by Crippen LogP contribution is 2.10. The van der Waals surface area contributed by atoms with Crippen molar-refractivity contribution in [2.75, 3.05) is 0 Å². The van der Waals surface area contributed by atoms with Crippen LogP contribution in [-0.2, 0) is 0 Å². The number of hydrogen-bond donors (Lipinski definition) is 0. The smallest absolute Gasteiger partial charge is 0.172 e. The minimum Gasteiger partial charge on any atom is -0.172 e. The normalized spacial score (nSPS) is 10.3. The molecular formula is C10H13F3. The molecule has 0 aliphatic carbocycles. The molecule has 1 aromatic rings. The Hall–Kier alpha value is -0.990. The summed E-state index contributed by atoms with van der Waals surface area (Å²) in [4.78, 5) is 0. The van der Waals surface area contributed by atoms with Gasteiger partial charge in [-0.25, -0.2) is 0 Å². The zero-order valence-electron chi connectivity index (χ0n) is 7.94. The van der Waals surface area contributed by atoms with E-state index in [1.165, 1.54) is 11.1 Å². The molecule has 1 rings (SSSR count). The molecule has 1 aromatic carbocycles. The first-order chi connectivity index (χ1) is 5.79. The molecule has 0 nitrogen and oxygen atoms in total. The quantitative estimate of drug-likeness (QED) is 0.582. The molecule has 0 spiro atoms. The second-order valence-corrected chi connectivity index (χ2v) is 2.94. The first-order valence-corrected chi connectivity index (χ1v) is 3.89. The van der Waals surface area contributed by atoms with Crippen LogP contribution >= 0.6 is 0 Å². The highest BCUT2D eigenvalue weighted by atomic mass is 19.4. The van der Waals surface area contributed by atoms with Gasteiger partial charge in [-0.2, -0.15) is 13.2 Å². The average Bonchev–Trinajstić information content (AvgIpc) is 1.81. The molecule has 3 heteroatoms. The van der Waals surface area contributed by atoms with Crippen molar-refractivity contribution in [3.05, 3.63) is 35.4 Å². The van der Waals surface area contributed by atoms with E-state index in [-0.39, 0.29) is 6.92 Å². The van der Waals surface area contributed by atoms with Crippen molar-refractivity contribution in [2.24, 2.45) is 0 Å². The van der Waals surface area contributed by atoms with Crippen LogP contribution in [0.15, 0.2) is 24.3 Å². The fourth-order valence-electron chi connectivity index (χ4n) is 0.807. The lowest BCUT2D eigenvalue weighted by atomic mass is 10.2. The summed E-state index contributed by atoms with van der Waals surface area (Å²) >= 11 is 0. The van der Waals surface area contributed by atoms with E-state index in [9.17, 15) is 13.2 Å². The maximum atomic E-state index is 10.4. The van der Waals surface area contributed by atoms with Gasteiger partial charge in [-0.1, -0.05) is 35.4 Å². The SMILES string of the molecule is CC(F)(F)F.Cc1cccc(C)c1. The minimum atomic E-state index is -4.00. The van der Waals surface area contributed by atoms with E-state index < -0.39 is 6.18 Å². The van der Waals surface area contributed by atoms with E-state index in [1.807, 2.05) is 0 Å². The van der Waals surface area contributed by atoms with Crippen molar-refractivity contribution >= 4 is 0 Å². The predicted octanol–water partition coefficient (Wildman–Crippen LogP) is 3.87. The van der Waals surface area contributed by atoms with Crippen molar-refractivity contribution in [3.63, 3.8) is 0 Å². The maximum Gasteiger partial charge on any atom is 0.386 e. The summed E-state index contributed by atoms with van der Waals surface area (Å²) in [6.07, 6.45) is -4.00. The number of alkyl halides is 3. The Morgan fingerprint density at radius 1 is 1.00 bits per heavy atom. The van der Waals surface area contributed by atoms with Crippen LogP contribution in [0, 0.1) is 13.8 Å². The van der Waals surface area contributed by atoms with Crippen LogP contribution in [0.2, 0.25) is 0 Å². The summed E-state index contributed by atoms with van der Waals surface area (Å²) in [6.45, 7) is 4.40. The molecule has 0 N–H and O–H groups in total. The van der Waals surface area contributed by atoms with Gasteiger partial charge in [0, 0.05) is 6.92 Å². The molecule has 0 bridgehead atoms. The molecule has 13 heavy (non-hydrogen) atoms. The molecule has 0 heterocycles. The first-order valence-electron chi connectivity index (χ1n) is 3.89. The highest BCUT2D eigenvalue weighted by molar-refractivity contribution is 5.20. The van der Waals surface area contributed by atoms with Crippen molar-refractivity contribution in [1.29, 1.82) is 0 Å². The summed E-state index contributed by atoms with van der Waals surface area (Å²) in [5, 5.41) is 0. The topological polar surface area (TPSA) is 0 Å². The van der Waals surface area contributed by atoms with Crippen LogP contribution in [0.1, 0.15) is 18.1 Å². The zero-order chi connectivity index (χ0) is 10.5. The Labute approximate surface area is 76.4 Å². The summed E-state index contributed by atoms with van der Waals surface area (Å²) in [7, 11) is 0. The maximum absolute atomic E-state index is 10.4. The van der Waals surface area contributed by atoms with E-state index in [0.29, 0.717) is 0 Å². The third-order valence-corrected chi connectivity index (χ3v) is 1.17. The zero-order valence-corrected chi connectivity index (χ0v) is 7.94. The highest BCUT2D eigenvalue weighted by Gasteiger charge is 2.15. The van der Waals surface area contributed by atoms with Gasteiger partial charge in [0.05, 0.1) is 0 Å². The third-order valence-electron chi connectivity index (χ3n) is 1.17. The number of aryl methyl sites for hydroxylation is 2. The van der Waals surface area contributed by atoms with Crippen LogP contribution in [-0.4, -0.2) is 6.18 Å². The standard InChI is InChI=1S/C8H10.C2H3F3/c1-7-4-3-5-8(2)6-7;1-2(3,4)5/h3-6H,1-2H3;1H3. The van der Waals surface area contributed by atoms with E-state index in [1.54, 1.807) is 0 Å². The van der Waals surface area contributed by atoms with Crippen LogP contribution in [0.3, 0.4) is 0 Å². The van der Waals surface area contributed by atoms with Crippen LogP contribution < -0.4 is 0 Å². The van der Waals surface area contributed by atoms with Crippen LogP contribution in [0.25, 0.3) is 0 Å². The molecular weight excluding hydrogens is 177 g/mol. The molecule has 0 saturated carbocycles. The van der Waals surface area contributed by atoms with Gasteiger partial charge in [0.15, 0.2) is 0 Å². The van der Waals surface area contributed by atoms with Gasteiger partial charge in [-0.05, 0) is 13.8 Å². The van der Waals surface area contributed by atoms with E-state index in [0.717, 1.165) is 0 Å². The summed E-state index contributed by atoms with van der Waals surface area (Å²) < 4.78 is 31.1. The lowest BCUT2D eigenvalue weighted by molar-refractivity contribution is -0.110. The van der Waals surface area contributed by atoms with Crippen molar-refractivity contribution < 1.29 is 13.2 Å². The number of hydrogen-bond acceptors (Lipinski definition) is 0. The second kappa shape index (κ2) is 4.90. The van der Waals surface area contributed by atoms with E-state index in [2.05, 4.69) is 38.1 Å². The molecule has 0 radical (unpaired) electrons. The predicted molar refractivity (Wildman–Crippen MR) is 47.6 cm³/mol. The Morgan fingerprint density at radius 3 is 1.46 bits per heavy atom. The Balaban J connectivity index is 0.000000252. The first kappa shape index (κ1) is 12.0. The van der Waals surface area contributed by atoms with Crippen LogP contribution in [0.5, 0.6) is 0 Å². The second-order valence-electron chi connectivity index (χ2n) is 2.94. The minimum absolute atomic E-state index is 0.188. The summed E-state index contributed by atoms with van der Waals surface area (Å²) in [6, 6.07) is 8.45. The van der Waals surface area contributed by atoms with Crippen molar-refractivity contribution in [2.45, 2.75) is 26.9 Å². The monoisotopic (exact) mass is 190 g/mol. The number of benzene rings is 1. The molecule has 0 atom stereocenters. The molecule has 0 aromatic heterocycles. The van der Waals surface area contributed by atoms with Crippen LogP contribution in [0.4, 0.5) is 13.2 Å². The molecule has 0 amide bonds. The van der Waals surface area contributed by atoms with Crippen molar-refractivity contribution in [3.8, 4) is 0 Å². The van der Waals surface area contributed by atoms with E-state index >= 15 is 0 Å². The largest absolute Gasteiger partial charge is 0.386 e. The van der Waals surface area contributed by atoms with E-state index in [4.69, 9.17) is 0 Å². The van der Waals surface area contributed by atoms with Gasteiger partial charge in [-0.15, -0.1) is 0 Å². The van der Waals surface area contributed by atoms with Crippen molar-refractivity contribution in [1.82, 2.24) is 0 Å². The molecule has 74 valence electrons. The molecule has 0 saturated heterocycles. The Kier molecular flexibility index (Phi) is 4.52. The van der Waals surface area contributed by atoms with Gasteiger partial charge in [0.1, 0.15) is 0 Å². The van der Waals surface area contributed by atoms with Gasteiger partial charge in [0.25, 0.3) is 0 Å². The lowest BCUT2D eigenvalue weighted by Gasteiger charge is -1.90. The van der Waals surface area contributed by atoms with Gasteiger partial charge < -0.3 is 0 Å². The third kappa shape index (κ3) is 11.0. The van der Waals surface area contributed by atoms with Gasteiger partial charge >= 0.3 is 6.18 Å². The molecule has 0 aliphatic rings. The molecule has 0 unspecified atom stereocenters. The Morgan fingerprint density at radius 2 is 1.31 bits per heavy atom. The number of rotatable bonds is 0. The van der Waals surface area contributed by atoms with Gasteiger partial charge in [-0.3, -0.25) is 0 Å². The summed E-state index contributed by atoms with van der Waals surface area (Å²) in [5.41, 5.74) is 2.68. The number of halogens is 3. The average molecular weight is 190 g/mol. The fraction of sp³-hybridized carbons (Fsp3) is 0.400. The summed E-state index contributed by atoms with van der Waals surface area (Å²) in [5.74, 6) is 0. The Bertz CT molecular complexity index is 227.